The van der Waals surface area contributed by atoms with Crippen LogP contribution in [0.1, 0.15) is 12.7 Å². The highest BCUT2D eigenvalue weighted by Crippen LogP contribution is 2.23. The summed E-state index contributed by atoms with van der Waals surface area (Å²) in [6.07, 6.45) is 1.47. The van der Waals surface area contributed by atoms with Crippen LogP contribution in [0.4, 0.5) is 4.39 Å². The van der Waals surface area contributed by atoms with Gasteiger partial charge in [-0.25, -0.2) is 12.8 Å². The summed E-state index contributed by atoms with van der Waals surface area (Å²) < 4.78 is 45.6. The van der Waals surface area contributed by atoms with Crippen LogP contribution < -0.4 is 0 Å². The summed E-state index contributed by atoms with van der Waals surface area (Å²) in [5, 5.41) is 0. The molecule has 4 nitrogen and oxygen atoms in total. The fourth-order valence-electron chi connectivity index (χ4n) is 1.77. The van der Waals surface area contributed by atoms with Gasteiger partial charge in [0.1, 0.15) is 16.5 Å². The van der Waals surface area contributed by atoms with Crippen LogP contribution in [-0.2, 0) is 16.6 Å². The molecule has 0 saturated carbocycles. The zero-order valence-corrected chi connectivity index (χ0v) is 13.1. The second kappa shape index (κ2) is 6.07. The topological polar surface area (TPSA) is 50.5 Å². The van der Waals surface area contributed by atoms with Gasteiger partial charge in [-0.1, -0.05) is 22.9 Å². The Bertz CT molecular complexity index is 686. The van der Waals surface area contributed by atoms with E-state index >= 15 is 0 Å². The SMILES string of the molecule is CCN(Cc1ccco1)S(=O)(=O)c1ccc(Br)cc1F. The van der Waals surface area contributed by atoms with E-state index in [0.717, 1.165) is 10.4 Å². The maximum Gasteiger partial charge on any atom is 0.246 e. The van der Waals surface area contributed by atoms with Crippen LogP contribution in [0.15, 0.2) is 50.4 Å². The molecule has 1 aromatic carbocycles. The van der Waals surface area contributed by atoms with Gasteiger partial charge >= 0.3 is 0 Å². The molecule has 0 amide bonds. The Morgan fingerprint density at radius 2 is 2.10 bits per heavy atom. The van der Waals surface area contributed by atoms with Gasteiger partial charge in [0.15, 0.2) is 0 Å². The van der Waals surface area contributed by atoms with Crippen molar-refractivity contribution in [3.8, 4) is 0 Å². The predicted octanol–water partition coefficient (Wildman–Crippen LogP) is 3.39. The van der Waals surface area contributed by atoms with Crippen molar-refractivity contribution in [2.24, 2.45) is 0 Å². The summed E-state index contributed by atoms with van der Waals surface area (Å²) in [7, 11) is -3.90. The lowest BCUT2D eigenvalue weighted by Crippen LogP contribution is -2.30. The molecule has 1 heterocycles. The molecule has 0 saturated heterocycles. The number of rotatable bonds is 5. The zero-order valence-electron chi connectivity index (χ0n) is 10.7. The Hall–Kier alpha value is -1.18. The Morgan fingerprint density at radius 3 is 2.65 bits per heavy atom. The first-order valence-electron chi connectivity index (χ1n) is 5.92. The van der Waals surface area contributed by atoms with Crippen molar-refractivity contribution in [2.75, 3.05) is 6.54 Å². The number of hydrogen-bond donors (Lipinski definition) is 0. The highest BCUT2D eigenvalue weighted by molar-refractivity contribution is 9.10. The lowest BCUT2D eigenvalue weighted by Gasteiger charge is -2.19. The molecule has 2 aromatic rings. The Kier molecular flexibility index (Phi) is 4.62. The number of nitrogens with zero attached hydrogens (tertiary/aromatic N) is 1. The number of hydrogen-bond acceptors (Lipinski definition) is 3. The predicted molar refractivity (Wildman–Crippen MR) is 76.1 cm³/mol. The monoisotopic (exact) mass is 361 g/mol. The van der Waals surface area contributed by atoms with Crippen molar-refractivity contribution in [2.45, 2.75) is 18.4 Å². The van der Waals surface area contributed by atoms with Gasteiger partial charge in [0.25, 0.3) is 0 Å². The molecular weight excluding hydrogens is 349 g/mol. The number of furan rings is 1. The summed E-state index contributed by atoms with van der Waals surface area (Å²) in [5.74, 6) is -0.273. The molecule has 0 bridgehead atoms. The molecule has 7 heteroatoms. The Morgan fingerprint density at radius 1 is 1.35 bits per heavy atom. The quantitative estimate of drug-likeness (QED) is 0.819. The van der Waals surface area contributed by atoms with E-state index in [1.54, 1.807) is 19.1 Å². The summed E-state index contributed by atoms with van der Waals surface area (Å²) in [5.41, 5.74) is 0. The molecule has 0 aliphatic carbocycles. The molecule has 1 aromatic heterocycles. The van der Waals surface area contributed by atoms with E-state index in [4.69, 9.17) is 4.42 Å². The molecule has 0 N–H and O–H groups in total. The van der Waals surface area contributed by atoms with Crippen LogP contribution in [-0.4, -0.2) is 19.3 Å². The summed E-state index contributed by atoms with van der Waals surface area (Å²) in [6.45, 7) is 1.98. The third-order valence-corrected chi connectivity index (χ3v) is 5.22. The van der Waals surface area contributed by atoms with Crippen LogP contribution in [0.5, 0.6) is 0 Å². The molecule has 0 spiro atoms. The van der Waals surface area contributed by atoms with Gasteiger partial charge in [-0.15, -0.1) is 0 Å². The number of halogens is 2. The lowest BCUT2D eigenvalue weighted by molar-refractivity contribution is 0.373. The molecule has 20 heavy (non-hydrogen) atoms. The van der Waals surface area contributed by atoms with Crippen LogP contribution >= 0.6 is 15.9 Å². The van der Waals surface area contributed by atoms with Gasteiger partial charge < -0.3 is 4.42 Å². The zero-order chi connectivity index (χ0) is 14.8. The summed E-state index contributed by atoms with van der Waals surface area (Å²) in [4.78, 5) is -0.339. The minimum absolute atomic E-state index is 0.0708. The van der Waals surface area contributed by atoms with E-state index in [0.29, 0.717) is 10.2 Å². The molecule has 108 valence electrons. The van der Waals surface area contributed by atoms with E-state index < -0.39 is 15.8 Å². The minimum Gasteiger partial charge on any atom is -0.468 e. The molecule has 0 unspecified atom stereocenters. The van der Waals surface area contributed by atoms with E-state index in [9.17, 15) is 12.8 Å². The molecular formula is C13H13BrFNO3S. The van der Waals surface area contributed by atoms with Crippen LogP contribution in [0.25, 0.3) is 0 Å². The second-order valence-corrected chi connectivity index (χ2v) is 6.91. The summed E-state index contributed by atoms with van der Waals surface area (Å²) >= 11 is 3.10. The summed E-state index contributed by atoms with van der Waals surface area (Å²) in [6, 6.07) is 7.23. The van der Waals surface area contributed by atoms with Gasteiger partial charge in [0.05, 0.1) is 12.8 Å². The second-order valence-electron chi connectivity index (χ2n) is 4.09. The molecule has 0 aliphatic heterocycles. The van der Waals surface area contributed by atoms with Gasteiger partial charge in [-0.2, -0.15) is 4.31 Å². The van der Waals surface area contributed by atoms with Crippen molar-refractivity contribution in [1.29, 1.82) is 0 Å². The lowest BCUT2D eigenvalue weighted by atomic mass is 10.3. The van der Waals surface area contributed by atoms with Crippen molar-refractivity contribution >= 4 is 26.0 Å². The fourth-order valence-corrected chi connectivity index (χ4v) is 3.56. The largest absolute Gasteiger partial charge is 0.468 e. The highest BCUT2D eigenvalue weighted by Gasteiger charge is 2.27. The van der Waals surface area contributed by atoms with E-state index in [1.165, 1.54) is 18.4 Å². The Balaban J connectivity index is 2.36. The molecule has 0 aliphatic rings. The van der Waals surface area contributed by atoms with E-state index in [1.807, 2.05) is 0 Å². The van der Waals surface area contributed by atoms with E-state index in [-0.39, 0.29) is 18.0 Å². The minimum atomic E-state index is -3.90. The maximum absolute atomic E-state index is 13.9. The average Bonchev–Trinajstić information content (AvgIpc) is 2.88. The Labute approximate surface area is 125 Å². The number of benzene rings is 1. The van der Waals surface area contributed by atoms with Gasteiger partial charge in [0.2, 0.25) is 10.0 Å². The van der Waals surface area contributed by atoms with Crippen LogP contribution in [0.2, 0.25) is 0 Å². The normalized spacial score (nSPS) is 12.0. The molecule has 0 fully saturated rings. The van der Waals surface area contributed by atoms with Gasteiger partial charge in [0, 0.05) is 11.0 Å². The van der Waals surface area contributed by atoms with Crippen molar-refractivity contribution in [3.63, 3.8) is 0 Å². The first-order chi connectivity index (χ1) is 9.45. The van der Waals surface area contributed by atoms with Crippen LogP contribution in [0.3, 0.4) is 0 Å². The smallest absolute Gasteiger partial charge is 0.246 e. The molecule has 0 radical (unpaired) electrons. The average molecular weight is 362 g/mol. The number of sulfonamides is 1. The molecule has 2 rings (SSSR count). The van der Waals surface area contributed by atoms with Gasteiger partial charge in [-0.05, 0) is 30.3 Å². The third kappa shape index (κ3) is 3.11. The third-order valence-electron chi connectivity index (χ3n) is 2.78. The van der Waals surface area contributed by atoms with Crippen molar-refractivity contribution in [1.82, 2.24) is 4.31 Å². The molecule has 0 atom stereocenters. The van der Waals surface area contributed by atoms with Gasteiger partial charge in [-0.3, -0.25) is 0 Å². The highest BCUT2D eigenvalue weighted by atomic mass is 79.9. The first-order valence-corrected chi connectivity index (χ1v) is 8.16. The standard InChI is InChI=1S/C13H13BrFNO3S/c1-2-16(9-11-4-3-7-19-11)20(17,18)13-6-5-10(14)8-12(13)15/h3-8H,2,9H2,1H3. The van der Waals surface area contributed by atoms with Crippen molar-refractivity contribution in [3.05, 3.63) is 52.6 Å². The van der Waals surface area contributed by atoms with Crippen LogP contribution in [0, 0.1) is 5.82 Å². The van der Waals surface area contributed by atoms with E-state index in [2.05, 4.69) is 15.9 Å². The maximum atomic E-state index is 13.9. The fraction of sp³-hybridized carbons (Fsp3) is 0.231. The first kappa shape index (κ1) is 15.2. The van der Waals surface area contributed by atoms with Crippen molar-refractivity contribution < 1.29 is 17.2 Å².